The maximum atomic E-state index is 11.0. The zero-order valence-electron chi connectivity index (χ0n) is 7.62. The van der Waals surface area contributed by atoms with E-state index in [0.717, 1.165) is 4.90 Å². The highest BCUT2D eigenvalue weighted by Gasteiger charge is 2.36. The molecule has 1 fully saturated rings. The molecule has 1 atom stereocenters. The maximum absolute atomic E-state index is 11.0. The van der Waals surface area contributed by atoms with E-state index >= 15 is 0 Å². The van der Waals surface area contributed by atoms with Gasteiger partial charge in [-0.05, 0) is 0 Å². The normalized spacial score (nSPS) is 19.9. The fraction of sp³-hybridized carbons (Fsp3) is 0.667. The molecule has 0 aromatic heterocycles. The minimum atomic E-state index is -0.985. The summed E-state index contributed by atoms with van der Waals surface area (Å²) in [4.78, 5) is 36.7. The second-order valence-electron chi connectivity index (χ2n) is 2.75. The minimum absolute atomic E-state index is 0.118. The van der Waals surface area contributed by atoms with Crippen molar-refractivity contribution in [2.24, 2.45) is 5.73 Å². The van der Waals surface area contributed by atoms with Crippen LogP contribution < -0.4 is 5.73 Å². The molecule has 0 saturated carbocycles. The summed E-state index contributed by atoms with van der Waals surface area (Å²) in [6, 6.07) is -0.882. The molecular formula is C6H9N3O6. The summed E-state index contributed by atoms with van der Waals surface area (Å²) in [7, 11) is 0. The summed E-state index contributed by atoms with van der Waals surface area (Å²) < 4.78 is 4.56. The van der Waals surface area contributed by atoms with E-state index in [9.17, 15) is 19.7 Å². The van der Waals surface area contributed by atoms with Gasteiger partial charge in [-0.25, -0.2) is 4.79 Å². The summed E-state index contributed by atoms with van der Waals surface area (Å²) >= 11 is 0. The van der Waals surface area contributed by atoms with E-state index in [4.69, 9.17) is 5.73 Å². The number of carbonyl (C=O) groups is 2. The third-order valence-electron chi connectivity index (χ3n) is 1.83. The molecule has 2 amide bonds. The summed E-state index contributed by atoms with van der Waals surface area (Å²) in [5.41, 5.74) is 4.99. The van der Waals surface area contributed by atoms with E-state index < -0.39 is 23.1 Å². The van der Waals surface area contributed by atoms with Crippen molar-refractivity contribution < 1.29 is 24.3 Å². The van der Waals surface area contributed by atoms with Crippen LogP contribution in [0.1, 0.15) is 0 Å². The van der Waals surface area contributed by atoms with Crippen molar-refractivity contribution in [2.45, 2.75) is 6.04 Å². The van der Waals surface area contributed by atoms with E-state index in [2.05, 4.69) is 9.57 Å². The molecule has 0 unspecified atom stereocenters. The zero-order chi connectivity index (χ0) is 11.4. The number of cyclic esters (lactones) is 1. The van der Waals surface area contributed by atoms with Crippen molar-refractivity contribution in [1.29, 1.82) is 0 Å². The predicted octanol–water partition coefficient (Wildman–Crippen LogP) is -1.50. The number of ether oxygens (including phenoxy) is 1. The van der Waals surface area contributed by atoms with Crippen LogP contribution in [0.5, 0.6) is 0 Å². The maximum Gasteiger partial charge on any atom is 0.410 e. The lowest BCUT2D eigenvalue weighted by Gasteiger charge is -2.17. The molecule has 1 aliphatic heterocycles. The molecule has 0 aromatic rings. The van der Waals surface area contributed by atoms with Gasteiger partial charge in [-0.1, -0.05) is 0 Å². The van der Waals surface area contributed by atoms with Crippen molar-refractivity contribution in [3.8, 4) is 0 Å². The second kappa shape index (κ2) is 4.44. The van der Waals surface area contributed by atoms with Gasteiger partial charge in [-0.2, -0.15) is 0 Å². The van der Waals surface area contributed by atoms with Crippen LogP contribution >= 0.6 is 0 Å². The molecule has 15 heavy (non-hydrogen) atoms. The van der Waals surface area contributed by atoms with Gasteiger partial charge in [-0.3, -0.25) is 9.69 Å². The highest BCUT2D eigenvalue weighted by Crippen LogP contribution is 2.11. The predicted molar refractivity (Wildman–Crippen MR) is 44.0 cm³/mol. The Labute approximate surface area is 83.8 Å². The van der Waals surface area contributed by atoms with Gasteiger partial charge >= 0.3 is 6.09 Å². The van der Waals surface area contributed by atoms with Crippen LogP contribution in [-0.4, -0.2) is 47.8 Å². The number of rotatable bonds is 5. The molecule has 9 nitrogen and oxygen atoms in total. The van der Waals surface area contributed by atoms with E-state index in [0.29, 0.717) is 0 Å². The SMILES string of the molecule is NC(=O)[C@H]1COC(=O)N1CCO[N+](=O)[O-]. The van der Waals surface area contributed by atoms with Crippen LogP contribution in [0.4, 0.5) is 4.79 Å². The number of nitrogens with two attached hydrogens (primary N) is 1. The molecular weight excluding hydrogens is 210 g/mol. The first-order valence-corrected chi connectivity index (χ1v) is 4.02. The Kier molecular flexibility index (Phi) is 3.26. The van der Waals surface area contributed by atoms with Crippen molar-refractivity contribution in [3.63, 3.8) is 0 Å². The fourth-order valence-corrected chi connectivity index (χ4v) is 1.15. The average molecular weight is 219 g/mol. The molecule has 0 aromatic carbocycles. The van der Waals surface area contributed by atoms with Gasteiger partial charge < -0.3 is 15.3 Å². The minimum Gasteiger partial charge on any atom is -0.447 e. The quantitative estimate of drug-likeness (QED) is 0.443. The van der Waals surface area contributed by atoms with E-state index in [-0.39, 0.29) is 19.8 Å². The van der Waals surface area contributed by atoms with Gasteiger partial charge in [0.25, 0.3) is 5.09 Å². The lowest BCUT2D eigenvalue weighted by atomic mass is 10.3. The molecule has 84 valence electrons. The Morgan fingerprint density at radius 3 is 3.00 bits per heavy atom. The van der Waals surface area contributed by atoms with E-state index in [1.807, 2.05) is 0 Å². The molecule has 1 saturated heterocycles. The number of hydrogen-bond acceptors (Lipinski definition) is 6. The van der Waals surface area contributed by atoms with Crippen LogP contribution in [0.3, 0.4) is 0 Å². The smallest absolute Gasteiger partial charge is 0.410 e. The summed E-state index contributed by atoms with van der Waals surface area (Å²) in [6.45, 7) is -0.577. The summed E-state index contributed by atoms with van der Waals surface area (Å²) in [5.74, 6) is -0.720. The Morgan fingerprint density at radius 2 is 2.47 bits per heavy atom. The third-order valence-corrected chi connectivity index (χ3v) is 1.83. The van der Waals surface area contributed by atoms with Crippen LogP contribution in [0.2, 0.25) is 0 Å². The van der Waals surface area contributed by atoms with Crippen molar-refractivity contribution in [3.05, 3.63) is 10.1 Å². The van der Waals surface area contributed by atoms with Crippen LogP contribution in [0.15, 0.2) is 0 Å². The monoisotopic (exact) mass is 219 g/mol. The van der Waals surface area contributed by atoms with E-state index in [1.54, 1.807) is 0 Å². The van der Waals surface area contributed by atoms with Gasteiger partial charge in [0.15, 0.2) is 0 Å². The molecule has 0 radical (unpaired) electrons. The van der Waals surface area contributed by atoms with Crippen molar-refractivity contribution >= 4 is 12.0 Å². The van der Waals surface area contributed by atoms with Gasteiger partial charge in [-0.15, -0.1) is 10.1 Å². The lowest BCUT2D eigenvalue weighted by molar-refractivity contribution is -0.757. The molecule has 1 heterocycles. The van der Waals surface area contributed by atoms with Gasteiger partial charge in [0.2, 0.25) is 5.91 Å². The molecule has 1 rings (SSSR count). The Bertz CT molecular complexity index is 293. The molecule has 0 spiro atoms. The highest BCUT2D eigenvalue weighted by atomic mass is 16.9. The van der Waals surface area contributed by atoms with Gasteiger partial charge in [0.05, 0.1) is 0 Å². The van der Waals surface area contributed by atoms with Gasteiger partial charge in [0, 0.05) is 6.54 Å². The fourth-order valence-electron chi connectivity index (χ4n) is 1.15. The molecule has 2 N–H and O–H groups in total. The average Bonchev–Trinajstić information content (AvgIpc) is 2.47. The number of primary amides is 1. The van der Waals surface area contributed by atoms with Crippen LogP contribution in [0.25, 0.3) is 0 Å². The molecule has 1 aliphatic rings. The number of hydrogen-bond donors (Lipinski definition) is 1. The lowest BCUT2D eigenvalue weighted by Crippen LogP contribution is -2.44. The van der Waals surface area contributed by atoms with Crippen molar-refractivity contribution in [2.75, 3.05) is 19.8 Å². The van der Waals surface area contributed by atoms with Crippen molar-refractivity contribution in [1.82, 2.24) is 4.90 Å². The summed E-state index contributed by atoms with van der Waals surface area (Å²) in [5, 5.41) is 8.84. The number of amides is 2. The Morgan fingerprint density at radius 1 is 1.80 bits per heavy atom. The zero-order valence-corrected chi connectivity index (χ0v) is 7.62. The van der Waals surface area contributed by atoms with Crippen LogP contribution in [0, 0.1) is 10.1 Å². The molecule has 0 bridgehead atoms. The van der Waals surface area contributed by atoms with Crippen LogP contribution in [-0.2, 0) is 14.4 Å². The number of carbonyl (C=O) groups excluding carboxylic acids is 2. The third kappa shape index (κ3) is 2.69. The highest BCUT2D eigenvalue weighted by molar-refractivity contribution is 5.86. The number of nitrogens with zero attached hydrogens (tertiary/aromatic N) is 2. The first kappa shape index (κ1) is 11.0. The Hall–Kier alpha value is -2.06. The Balaban J connectivity index is 2.46. The molecule has 0 aliphatic carbocycles. The van der Waals surface area contributed by atoms with E-state index in [1.165, 1.54) is 0 Å². The molecule has 9 heteroatoms. The first-order chi connectivity index (χ1) is 7.02. The largest absolute Gasteiger partial charge is 0.447 e. The second-order valence-corrected chi connectivity index (χ2v) is 2.75. The first-order valence-electron chi connectivity index (χ1n) is 4.02. The topological polar surface area (TPSA) is 125 Å². The standard InChI is InChI=1S/C6H9N3O6/c7-5(10)4-3-14-6(11)8(4)1-2-15-9(12)13/h4H,1-3H2,(H2,7,10)/t4-/m1/s1. The summed E-state index contributed by atoms with van der Waals surface area (Å²) in [6.07, 6.45) is -0.731. The van der Waals surface area contributed by atoms with Gasteiger partial charge in [0.1, 0.15) is 19.3 Å².